The van der Waals surface area contributed by atoms with Gasteiger partial charge in [-0.25, -0.2) is 4.39 Å². The lowest BCUT2D eigenvalue weighted by Crippen LogP contribution is -2.34. The second kappa shape index (κ2) is 6.62. The molecule has 114 valence electrons. The highest BCUT2D eigenvalue weighted by Gasteiger charge is 2.11. The third-order valence-electron chi connectivity index (χ3n) is 2.77. The first-order valence-corrected chi connectivity index (χ1v) is 7.53. The fourth-order valence-corrected chi connectivity index (χ4v) is 2.15. The van der Waals surface area contributed by atoms with Crippen LogP contribution in [0.15, 0.2) is 39.2 Å². The van der Waals surface area contributed by atoms with Crippen LogP contribution in [-0.2, 0) is 13.2 Å². The lowest BCUT2D eigenvalue weighted by molar-refractivity contribution is 0.261. The second-order valence-corrected chi connectivity index (χ2v) is 6.69. The van der Waals surface area contributed by atoms with E-state index in [9.17, 15) is 4.39 Å². The van der Waals surface area contributed by atoms with Gasteiger partial charge in [-0.05, 0) is 67.0 Å². The van der Waals surface area contributed by atoms with Crippen LogP contribution in [0.25, 0.3) is 0 Å². The lowest BCUT2D eigenvalue weighted by Gasteiger charge is -2.19. The molecular weight excluding hydrogens is 337 g/mol. The maximum Gasteiger partial charge on any atom is 0.146 e. The van der Waals surface area contributed by atoms with Crippen LogP contribution in [0.5, 0.6) is 5.75 Å². The summed E-state index contributed by atoms with van der Waals surface area (Å²) in [6.45, 7) is 7.29. The molecule has 1 N–H and O–H groups in total. The Morgan fingerprint density at radius 2 is 1.90 bits per heavy atom. The molecule has 3 nitrogen and oxygen atoms in total. The van der Waals surface area contributed by atoms with Crippen molar-refractivity contribution >= 4 is 15.9 Å². The van der Waals surface area contributed by atoms with E-state index < -0.39 is 0 Å². The van der Waals surface area contributed by atoms with E-state index in [1.165, 1.54) is 12.1 Å². The molecule has 0 unspecified atom stereocenters. The minimum Gasteiger partial charge on any atom is -0.484 e. The van der Waals surface area contributed by atoms with Gasteiger partial charge in [0.1, 0.15) is 29.7 Å². The molecule has 0 atom stereocenters. The van der Waals surface area contributed by atoms with Crippen molar-refractivity contribution in [3.8, 4) is 5.75 Å². The molecule has 0 aliphatic heterocycles. The summed E-state index contributed by atoms with van der Waals surface area (Å²) < 4.78 is 24.9. The predicted octanol–water partition coefficient (Wildman–Crippen LogP) is 4.65. The summed E-state index contributed by atoms with van der Waals surface area (Å²) in [4.78, 5) is 0. The molecule has 1 aromatic carbocycles. The van der Waals surface area contributed by atoms with Crippen molar-refractivity contribution in [3.63, 3.8) is 0 Å². The van der Waals surface area contributed by atoms with Crippen LogP contribution in [-0.4, -0.2) is 5.54 Å². The Bertz CT molecular complexity index is 605. The molecule has 0 radical (unpaired) electrons. The van der Waals surface area contributed by atoms with Crippen molar-refractivity contribution in [2.75, 3.05) is 0 Å². The van der Waals surface area contributed by atoms with Gasteiger partial charge < -0.3 is 14.5 Å². The smallest absolute Gasteiger partial charge is 0.146 e. The van der Waals surface area contributed by atoms with Gasteiger partial charge in [0.25, 0.3) is 0 Å². The zero-order valence-corrected chi connectivity index (χ0v) is 14.0. The molecule has 0 amide bonds. The van der Waals surface area contributed by atoms with Gasteiger partial charge in [0.15, 0.2) is 0 Å². The fourth-order valence-electron chi connectivity index (χ4n) is 1.69. The first-order chi connectivity index (χ1) is 9.83. The van der Waals surface area contributed by atoms with Gasteiger partial charge in [0.2, 0.25) is 0 Å². The van der Waals surface area contributed by atoms with E-state index in [0.717, 1.165) is 11.5 Å². The van der Waals surface area contributed by atoms with Crippen LogP contribution in [0.2, 0.25) is 0 Å². The molecule has 0 aliphatic rings. The van der Waals surface area contributed by atoms with Crippen molar-refractivity contribution in [1.29, 1.82) is 0 Å². The molecule has 0 saturated heterocycles. The van der Waals surface area contributed by atoms with Crippen molar-refractivity contribution < 1.29 is 13.5 Å². The highest BCUT2D eigenvalue weighted by Crippen LogP contribution is 2.26. The summed E-state index contributed by atoms with van der Waals surface area (Å²) in [6.07, 6.45) is 0. The van der Waals surface area contributed by atoms with E-state index in [2.05, 4.69) is 42.0 Å². The standard InChI is InChI=1S/C16H19BrFNO2/c1-16(2,3)19-9-12-5-6-13(21-12)10-20-15-7-4-11(18)8-14(15)17/h4-8,19H,9-10H2,1-3H3. The van der Waals surface area contributed by atoms with Crippen molar-refractivity contribution in [2.24, 2.45) is 0 Å². The van der Waals surface area contributed by atoms with Gasteiger partial charge in [-0.2, -0.15) is 0 Å². The number of nitrogens with one attached hydrogen (secondary N) is 1. The molecule has 5 heteroatoms. The van der Waals surface area contributed by atoms with Gasteiger partial charge in [-0.3, -0.25) is 0 Å². The SMILES string of the molecule is CC(C)(C)NCc1ccc(COc2ccc(F)cc2Br)o1. The van der Waals surface area contributed by atoms with E-state index in [-0.39, 0.29) is 11.4 Å². The molecule has 1 aromatic heterocycles. The van der Waals surface area contributed by atoms with Crippen LogP contribution < -0.4 is 10.1 Å². The molecule has 21 heavy (non-hydrogen) atoms. The number of ether oxygens (including phenoxy) is 1. The lowest BCUT2D eigenvalue weighted by atomic mass is 10.1. The summed E-state index contributed by atoms with van der Waals surface area (Å²) in [5, 5.41) is 3.36. The van der Waals surface area contributed by atoms with Crippen molar-refractivity contribution in [3.05, 3.63) is 52.1 Å². The van der Waals surface area contributed by atoms with Crippen LogP contribution in [0.4, 0.5) is 4.39 Å². The minimum absolute atomic E-state index is 0.0441. The first-order valence-electron chi connectivity index (χ1n) is 6.74. The Hall–Kier alpha value is -1.33. The maximum absolute atomic E-state index is 13.0. The van der Waals surface area contributed by atoms with E-state index in [4.69, 9.17) is 9.15 Å². The molecule has 0 aliphatic carbocycles. The Balaban J connectivity index is 1.90. The Morgan fingerprint density at radius 3 is 2.57 bits per heavy atom. The second-order valence-electron chi connectivity index (χ2n) is 5.83. The first kappa shape index (κ1) is 16.0. The number of halogens is 2. The van der Waals surface area contributed by atoms with E-state index in [0.29, 0.717) is 23.4 Å². The largest absolute Gasteiger partial charge is 0.484 e. The third-order valence-corrected chi connectivity index (χ3v) is 3.39. The topological polar surface area (TPSA) is 34.4 Å². The normalized spacial score (nSPS) is 11.7. The molecule has 1 heterocycles. The fraction of sp³-hybridized carbons (Fsp3) is 0.375. The van der Waals surface area contributed by atoms with Gasteiger partial charge in [0, 0.05) is 5.54 Å². The molecule has 0 fully saturated rings. The van der Waals surface area contributed by atoms with Crippen LogP contribution in [0.1, 0.15) is 32.3 Å². The van der Waals surface area contributed by atoms with Crippen molar-refractivity contribution in [2.45, 2.75) is 39.5 Å². The van der Waals surface area contributed by atoms with Gasteiger partial charge in [-0.15, -0.1) is 0 Å². The Kier molecular flexibility index (Phi) is 5.06. The number of hydrogen-bond donors (Lipinski definition) is 1. The molecule has 2 rings (SSSR count). The predicted molar refractivity (Wildman–Crippen MR) is 83.7 cm³/mol. The molecule has 2 aromatic rings. The minimum atomic E-state index is -0.303. The third kappa shape index (κ3) is 5.17. The number of furan rings is 1. The highest BCUT2D eigenvalue weighted by molar-refractivity contribution is 9.10. The van der Waals surface area contributed by atoms with Crippen LogP contribution >= 0.6 is 15.9 Å². The van der Waals surface area contributed by atoms with Gasteiger partial charge in [0.05, 0.1) is 11.0 Å². The summed E-state index contributed by atoms with van der Waals surface area (Å²) in [7, 11) is 0. The Morgan fingerprint density at radius 1 is 1.19 bits per heavy atom. The zero-order valence-electron chi connectivity index (χ0n) is 12.4. The highest BCUT2D eigenvalue weighted by atomic mass is 79.9. The summed E-state index contributed by atoms with van der Waals surface area (Å²) in [5.74, 6) is 1.88. The Labute approximate surface area is 132 Å². The number of hydrogen-bond acceptors (Lipinski definition) is 3. The monoisotopic (exact) mass is 355 g/mol. The maximum atomic E-state index is 13.0. The summed E-state index contributed by atoms with van der Waals surface area (Å²) >= 11 is 3.27. The van der Waals surface area contributed by atoms with E-state index >= 15 is 0 Å². The summed E-state index contributed by atoms with van der Waals surface area (Å²) in [5.41, 5.74) is 0.0441. The summed E-state index contributed by atoms with van der Waals surface area (Å²) in [6, 6.07) is 8.13. The quantitative estimate of drug-likeness (QED) is 0.847. The molecular formula is C16H19BrFNO2. The van der Waals surface area contributed by atoms with E-state index in [1.807, 2.05) is 12.1 Å². The van der Waals surface area contributed by atoms with Gasteiger partial charge >= 0.3 is 0 Å². The number of rotatable bonds is 5. The zero-order chi connectivity index (χ0) is 15.5. The molecule has 0 spiro atoms. The van der Waals surface area contributed by atoms with E-state index in [1.54, 1.807) is 6.07 Å². The van der Waals surface area contributed by atoms with Crippen molar-refractivity contribution in [1.82, 2.24) is 5.32 Å². The van der Waals surface area contributed by atoms with Gasteiger partial charge in [-0.1, -0.05) is 0 Å². The van der Waals surface area contributed by atoms with Crippen LogP contribution in [0, 0.1) is 5.82 Å². The molecule has 0 saturated carbocycles. The average molecular weight is 356 g/mol. The number of benzene rings is 1. The molecule has 0 bridgehead atoms. The van der Waals surface area contributed by atoms with Crippen LogP contribution in [0.3, 0.4) is 0 Å². The average Bonchev–Trinajstić information content (AvgIpc) is 2.82.